The Hall–Kier alpha value is -2.19. The number of nitrogens with zero attached hydrogens (tertiary/aromatic N) is 2. The van der Waals surface area contributed by atoms with Gasteiger partial charge in [-0.3, -0.25) is 0 Å². The second kappa shape index (κ2) is 6.76. The predicted octanol–water partition coefficient (Wildman–Crippen LogP) is 5.33. The number of benzene rings is 2. The number of hydrazone groups is 1. The Bertz CT molecular complexity index is 930. The number of hydrogen-bond donors (Lipinski definition) is 1. The summed E-state index contributed by atoms with van der Waals surface area (Å²) in [5, 5.41) is 9.00. The van der Waals surface area contributed by atoms with Gasteiger partial charge in [-0.25, -0.2) is 9.80 Å². The molecule has 2 aromatic rings. The molecule has 2 amide bonds. The highest BCUT2D eigenvalue weighted by Gasteiger charge is 2.35. The Kier molecular flexibility index (Phi) is 4.55. The van der Waals surface area contributed by atoms with Crippen LogP contribution < -0.4 is 5.32 Å². The molecule has 1 atom stereocenters. The minimum absolute atomic E-state index is 0.113. The number of fused-ring (bicyclic) bond motifs is 3. The average Bonchev–Trinajstić information content (AvgIpc) is 3.06. The van der Waals surface area contributed by atoms with Gasteiger partial charge in [-0.2, -0.15) is 18.3 Å². The third-order valence-electron chi connectivity index (χ3n) is 4.37. The number of carbonyl (C=O) groups excluding carboxylic acids is 1. The van der Waals surface area contributed by atoms with Gasteiger partial charge in [-0.05, 0) is 36.4 Å². The van der Waals surface area contributed by atoms with Crippen LogP contribution in [0.15, 0.2) is 52.5 Å². The topological polar surface area (TPSA) is 44.7 Å². The molecule has 0 radical (unpaired) electrons. The van der Waals surface area contributed by atoms with Crippen LogP contribution >= 0.6 is 23.4 Å². The lowest BCUT2D eigenvalue weighted by molar-refractivity contribution is -0.137. The molecule has 2 heterocycles. The van der Waals surface area contributed by atoms with Crippen molar-refractivity contribution in [3.05, 3.63) is 58.6 Å². The van der Waals surface area contributed by atoms with Crippen LogP contribution in [0, 0.1) is 5.92 Å². The molecule has 140 valence electrons. The van der Waals surface area contributed by atoms with Gasteiger partial charge in [0.1, 0.15) is 0 Å². The third-order valence-corrected chi connectivity index (χ3v) is 5.82. The van der Waals surface area contributed by atoms with Gasteiger partial charge in [0.25, 0.3) is 0 Å². The first kappa shape index (κ1) is 18.2. The lowest BCUT2D eigenvalue weighted by Gasteiger charge is -2.21. The van der Waals surface area contributed by atoms with E-state index in [2.05, 4.69) is 10.4 Å². The quantitative estimate of drug-likeness (QED) is 0.689. The van der Waals surface area contributed by atoms with Crippen molar-refractivity contribution in [3.63, 3.8) is 0 Å². The Morgan fingerprint density at radius 3 is 2.67 bits per heavy atom. The van der Waals surface area contributed by atoms with Crippen molar-refractivity contribution in [2.24, 2.45) is 11.0 Å². The molecule has 27 heavy (non-hydrogen) atoms. The number of anilines is 1. The molecule has 0 aromatic heterocycles. The molecule has 9 heteroatoms. The van der Waals surface area contributed by atoms with E-state index in [9.17, 15) is 18.0 Å². The largest absolute Gasteiger partial charge is 0.416 e. The highest BCUT2D eigenvalue weighted by Crippen LogP contribution is 2.38. The van der Waals surface area contributed by atoms with Crippen molar-refractivity contribution in [2.75, 3.05) is 17.6 Å². The Morgan fingerprint density at radius 1 is 1.22 bits per heavy atom. The molecule has 0 saturated heterocycles. The molecule has 2 aliphatic heterocycles. The molecule has 4 nitrogen and oxygen atoms in total. The summed E-state index contributed by atoms with van der Waals surface area (Å²) in [6, 6.07) is 9.41. The number of hydrogen-bond acceptors (Lipinski definition) is 3. The number of nitrogens with one attached hydrogen (secondary N) is 1. The fraction of sp³-hybridized carbons (Fsp3) is 0.222. The highest BCUT2D eigenvalue weighted by atomic mass is 35.5. The summed E-state index contributed by atoms with van der Waals surface area (Å²) in [7, 11) is 0. The number of amides is 2. The van der Waals surface area contributed by atoms with E-state index >= 15 is 0 Å². The van der Waals surface area contributed by atoms with Crippen molar-refractivity contribution in [1.82, 2.24) is 5.01 Å². The minimum Gasteiger partial charge on any atom is -0.306 e. The van der Waals surface area contributed by atoms with Crippen LogP contribution in [0.2, 0.25) is 5.02 Å². The molecular weight excluding hydrogens is 399 g/mol. The average molecular weight is 412 g/mol. The Balaban J connectivity index is 1.50. The van der Waals surface area contributed by atoms with Crippen LogP contribution in [0.25, 0.3) is 0 Å². The van der Waals surface area contributed by atoms with E-state index in [0.717, 1.165) is 34.1 Å². The van der Waals surface area contributed by atoms with Crippen LogP contribution in [-0.4, -0.2) is 29.0 Å². The fourth-order valence-electron chi connectivity index (χ4n) is 3.03. The SMILES string of the molecule is O=C(Nc1ccc(C(F)(F)F)cc1)N1CC2CSc3cc(Cl)ccc3C2=N1. The first-order chi connectivity index (χ1) is 12.8. The summed E-state index contributed by atoms with van der Waals surface area (Å²) < 4.78 is 37.9. The smallest absolute Gasteiger partial charge is 0.306 e. The molecule has 2 aromatic carbocycles. The number of urea groups is 1. The molecule has 0 spiro atoms. The summed E-state index contributed by atoms with van der Waals surface area (Å²) in [5.74, 6) is 0.901. The molecule has 0 fully saturated rings. The van der Waals surface area contributed by atoms with Crippen LogP contribution in [0.3, 0.4) is 0 Å². The first-order valence-electron chi connectivity index (χ1n) is 8.08. The molecular formula is C18H13ClF3N3OS. The highest BCUT2D eigenvalue weighted by molar-refractivity contribution is 7.99. The molecule has 0 aliphatic carbocycles. The maximum absolute atomic E-state index is 12.6. The lowest BCUT2D eigenvalue weighted by Crippen LogP contribution is -2.31. The van der Waals surface area contributed by atoms with E-state index < -0.39 is 17.8 Å². The molecule has 1 unspecified atom stereocenters. The summed E-state index contributed by atoms with van der Waals surface area (Å²) in [6.07, 6.45) is -4.41. The van der Waals surface area contributed by atoms with Crippen LogP contribution in [0.1, 0.15) is 11.1 Å². The second-order valence-electron chi connectivity index (χ2n) is 6.22. The molecule has 1 N–H and O–H groups in total. The summed E-state index contributed by atoms with van der Waals surface area (Å²) in [4.78, 5) is 13.5. The molecule has 2 aliphatic rings. The van der Waals surface area contributed by atoms with Gasteiger partial charge >= 0.3 is 12.2 Å². The van der Waals surface area contributed by atoms with Gasteiger partial charge in [0.05, 0.1) is 17.8 Å². The van der Waals surface area contributed by atoms with Gasteiger partial charge < -0.3 is 5.32 Å². The Labute approximate surface area is 162 Å². The molecule has 0 bridgehead atoms. The number of carbonyl (C=O) groups is 1. The van der Waals surface area contributed by atoms with Gasteiger partial charge in [-0.15, -0.1) is 11.8 Å². The van der Waals surface area contributed by atoms with Crippen molar-refractivity contribution >= 4 is 40.8 Å². The van der Waals surface area contributed by atoms with E-state index in [1.807, 2.05) is 12.1 Å². The number of rotatable bonds is 1. The summed E-state index contributed by atoms with van der Waals surface area (Å²) in [5.41, 5.74) is 1.32. The zero-order valence-electron chi connectivity index (χ0n) is 13.8. The Morgan fingerprint density at radius 2 is 1.96 bits per heavy atom. The van der Waals surface area contributed by atoms with Gasteiger partial charge in [-0.1, -0.05) is 17.7 Å². The van der Waals surface area contributed by atoms with E-state index in [4.69, 9.17) is 11.6 Å². The molecule has 0 saturated carbocycles. The predicted molar refractivity (Wildman–Crippen MR) is 99.4 cm³/mol. The van der Waals surface area contributed by atoms with Crippen LogP contribution in [-0.2, 0) is 6.18 Å². The first-order valence-corrected chi connectivity index (χ1v) is 9.44. The lowest BCUT2D eigenvalue weighted by atomic mass is 9.98. The van der Waals surface area contributed by atoms with Gasteiger partial charge in [0.15, 0.2) is 0 Å². The van der Waals surface area contributed by atoms with Crippen molar-refractivity contribution < 1.29 is 18.0 Å². The summed E-state index contributed by atoms with van der Waals surface area (Å²) in [6.45, 7) is 0.427. The monoisotopic (exact) mass is 411 g/mol. The van der Waals surface area contributed by atoms with E-state index in [1.165, 1.54) is 17.1 Å². The van der Waals surface area contributed by atoms with Gasteiger partial charge in [0.2, 0.25) is 0 Å². The maximum Gasteiger partial charge on any atom is 0.416 e. The fourth-order valence-corrected chi connectivity index (χ4v) is 4.45. The van der Waals surface area contributed by atoms with Crippen molar-refractivity contribution in [3.8, 4) is 0 Å². The zero-order chi connectivity index (χ0) is 19.2. The number of halogens is 4. The van der Waals surface area contributed by atoms with Crippen molar-refractivity contribution in [2.45, 2.75) is 11.1 Å². The molecule has 4 rings (SSSR count). The van der Waals surface area contributed by atoms with Crippen LogP contribution in [0.5, 0.6) is 0 Å². The summed E-state index contributed by atoms with van der Waals surface area (Å²) >= 11 is 7.70. The van der Waals surface area contributed by atoms with Gasteiger partial charge in [0, 0.05) is 32.8 Å². The van der Waals surface area contributed by atoms with E-state index in [1.54, 1.807) is 17.8 Å². The standard InChI is InChI=1S/C18H13ClF3N3OS/c19-12-3-6-14-15(7-12)27-9-10-8-25(24-16(10)14)17(26)23-13-4-1-11(2-5-13)18(20,21)22/h1-7,10H,8-9H2,(H,23,26). The third kappa shape index (κ3) is 3.64. The maximum atomic E-state index is 12.6. The number of alkyl halides is 3. The zero-order valence-corrected chi connectivity index (χ0v) is 15.3. The minimum atomic E-state index is -4.41. The van der Waals surface area contributed by atoms with E-state index in [0.29, 0.717) is 11.6 Å². The second-order valence-corrected chi connectivity index (χ2v) is 7.72. The number of thioether (sulfide) groups is 1. The van der Waals surface area contributed by atoms with Crippen molar-refractivity contribution in [1.29, 1.82) is 0 Å². The van der Waals surface area contributed by atoms with E-state index in [-0.39, 0.29) is 11.6 Å². The van der Waals surface area contributed by atoms with Crippen LogP contribution in [0.4, 0.5) is 23.7 Å². The normalized spacial score (nSPS) is 18.6.